The van der Waals surface area contributed by atoms with E-state index in [4.69, 9.17) is 0 Å². The van der Waals surface area contributed by atoms with Crippen LogP contribution in [0.2, 0.25) is 0 Å². The van der Waals surface area contributed by atoms with Gasteiger partial charge in [-0.2, -0.15) is 0 Å². The van der Waals surface area contributed by atoms with E-state index in [1.165, 1.54) is 0 Å². The largest absolute Gasteiger partial charge is 0.386 e. The third kappa shape index (κ3) is 3.10. The van der Waals surface area contributed by atoms with E-state index >= 15 is 0 Å². The van der Waals surface area contributed by atoms with Crippen molar-refractivity contribution in [2.75, 3.05) is 12.3 Å². The molecule has 3 rings (SSSR count). The Labute approximate surface area is 132 Å². The maximum absolute atomic E-state index is 12.2. The summed E-state index contributed by atoms with van der Waals surface area (Å²) in [5.41, 5.74) is 0. The lowest BCUT2D eigenvalue weighted by molar-refractivity contribution is -0.123. The molecule has 21 heavy (non-hydrogen) atoms. The second-order valence-corrected chi connectivity index (χ2v) is 8.31. The molecule has 1 amide bonds. The molecule has 1 saturated heterocycles. The number of thioether (sulfide) groups is 1. The van der Waals surface area contributed by atoms with E-state index in [1.807, 2.05) is 37.3 Å². The Morgan fingerprint density at radius 3 is 3.00 bits per heavy atom. The first-order valence-corrected chi connectivity index (χ1v) is 8.97. The SMILES string of the molecule is CC1(C(=O)NCC(O)c2cc3ccccc3s2)CCCS1. The number of carbonyl (C=O) groups is 1. The summed E-state index contributed by atoms with van der Waals surface area (Å²) in [6.45, 7) is 2.27. The topological polar surface area (TPSA) is 49.3 Å². The van der Waals surface area contributed by atoms with Gasteiger partial charge in [-0.25, -0.2) is 0 Å². The van der Waals surface area contributed by atoms with Crippen LogP contribution in [0.4, 0.5) is 0 Å². The molecule has 2 heterocycles. The Morgan fingerprint density at radius 2 is 2.29 bits per heavy atom. The number of fused-ring (bicyclic) bond motifs is 1. The van der Waals surface area contributed by atoms with Crippen LogP contribution in [0.5, 0.6) is 0 Å². The zero-order chi connectivity index (χ0) is 14.9. The summed E-state index contributed by atoms with van der Waals surface area (Å²) in [6.07, 6.45) is 1.37. The number of hydrogen-bond acceptors (Lipinski definition) is 4. The predicted octanol–water partition coefficient (Wildman–Crippen LogP) is 3.34. The average molecular weight is 321 g/mol. The summed E-state index contributed by atoms with van der Waals surface area (Å²) in [4.78, 5) is 13.1. The fraction of sp³-hybridized carbons (Fsp3) is 0.438. The summed E-state index contributed by atoms with van der Waals surface area (Å²) in [5, 5.41) is 14.3. The summed E-state index contributed by atoms with van der Waals surface area (Å²) in [5.74, 6) is 1.09. The molecule has 2 aromatic rings. The summed E-state index contributed by atoms with van der Waals surface area (Å²) in [6, 6.07) is 10.1. The van der Waals surface area contributed by atoms with Crippen molar-refractivity contribution in [1.29, 1.82) is 0 Å². The second-order valence-electron chi connectivity index (χ2n) is 5.60. The van der Waals surface area contributed by atoms with Crippen molar-refractivity contribution in [1.82, 2.24) is 5.32 Å². The van der Waals surface area contributed by atoms with E-state index in [0.29, 0.717) is 0 Å². The van der Waals surface area contributed by atoms with Crippen LogP contribution in [0.1, 0.15) is 30.7 Å². The molecular weight excluding hydrogens is 302 g/mol. The van der Waals surface area contributed by atoms with Crippen LogP contribution in [0.3, 0.4) is 0 Å². The van der Waals surface area contributed by atoms with Crippen LogP contribution in [-0.2, 0) is 4.79 Å². The van der Waals surface area contributed by atoms with E-state index < -0.39 is 6.10 Å². The summed E-state index contributed by atoms with van der Waals surface area (Å²) in [7, 11) is 0. The van der Waals surface area contributed by atoms with Gasteiger partial charge >= 0.3 is 0 Å². The van der Waals surface area contributed by atoms with Gasteiger partial charge in [-0.1, -0.05) is 18.2 Å². The maximum atomic E-state index is 12.2. The molecule has 1 aromatic heterocycles. The highest BCUT2D eigenvalue weighted by Crippen LogP contribution is 2.38. The molecule has 2 unspecified atom stereocenters. The van der Waals surface area contributed by atoms with Crippen molar-refractivity contribution in [3.8, 4) is 0 Å². The van der Waals surface area contributed by atoms with Crippen LogP contribution in [-0.4, -0.2) is 28.1 Å². The third-order valence-corrected chi connectivity index (χ3v) is 6.66. The van der Waals surface area contributed by atoms with Crippen LogP contribution in [0.15, 0.2) is 30.3 Å². The van der Waals surface area contributed by atoms with Gasteiger partial charge in [0.25, 0.3) is 0 Å². The number of aliphatic hydroxyl groups excluding tert-OH is 1. The van der Waals surface area contributed by atoms with Crippen molar-refractivity contribution < 1.29 is 9.90 Å². The number of amides is 1. The molecule has 2 atom stereocenters. The van der Waals surface area contributed by atoms with Gasteiger partial charge in [-0.3, -0.25) is 4.79 Å². The molecule has 1 aromatic carbocycles. The smallest absolute Gasteiger partial charge is 0.236 e. The first kappa shape index (κ1) is 14.9. The molecule has 5 heteroatoms. The molecule has 0 spiro atoms. The molecule has 112 valence electrons. The molecule has 1 aliphatic rings. The van der Waals surface area contributed by atoms with Gasteiger partial charge in [0.2, 0.25) is 5.91 Å². The Bertz CT molecular complexity index is 614. The van der Waals surface area contributed by atoms with Crippen molar-refractivity contribution in [3.63, 3.8) is 0 Å². The molecule has 1 aliphatic heterocycles. The van der Waals surface area contributed by atoms with Crippen LogP contribution >= 0.6 is 23.1 Å². The quantitative estimate of drug-likeness (QED) is 0.908. The number of nitrogens with one attached hydrogen (secondary N) is 1. The maximum Gasteiger partial charge on any atom is 0.236 e. The number of aliphatic hydroxyl groups is 1. The van der Waals surface area contributed by atoms with Gasteiger partial charge in [0, 0.05) is 16.1 Å². The van der Waals surface area contributed by atoms with Crippen LogP contribution in [0.25, 0.3) is 10.1 Å². The second kappa shape index (κ2) is 5.99. The summed E-state index contributed by atoms with van der Waals surface area (Å²) < 4.78 is 0.844. The zero-order valence-corrected chi connectivity index (χ0v) is 13.6. The van der Waals surface area contributed by atoms with E-state index in [-0.39, 0.29) is 17.2 Å². The molecule has 0 saturated carbocycles. The number of carbonyl (C=O) groups excluding carboxylic acids is 1. The zero-order valence-electron chi connectivity index (χ0n) is 12.0. The molecule has 3 nitrogen and oxygen atoms in total. The lowest BCUT2D eigenvalue weighted by Gasteiger charge is -2.22. The van der Waals surface area contributed by atoms with E-state index in [9.17, 15) is 9.90 Å². The molecular formula is C16H19NO2S2. The molecule has 0 aliphatic carbocycles. The Hall–Kier alpha value is -1.04. The Morgan fingerprint density at radius 1 is 1.48 bits per heavy atom. The van der Waals surface area contributed by atoms with Crippen molar-refractivity contribution >= 4 is 39.1 Å². The number of rotatable bonds is 4. The number of thiophene rings is 1. The molecule has 0 radical (unpaired) electrons. The first-order chi connectivity index (χ1) is 10.1. The summed E-state index contributed by atoms with van der Waals surface area (Å²) >= 11 is 3.29. The van der Waals surface area contributed by atoms with E-state index in [2.05, 4.69) is 5.32 Å². The highest BCUT2D eigenvalue weighted by Gasteiger charge is 2.37. The van der Waals surface area contributed by atoms with Gasteiger partial charge in [0.05, 0.1) is 4.75 Å². The van der Waals surface area contributed by atoms with Gasteiger partial charge in [-0.15, -0.1) is 23.1 Å². The minimum Gasteiger partial charge on any atom is -0.386 e. The standard InChI is InChI=1S/C16H19NO2S2/c1-16(7-4-8-20-16)15(19)17-10-12(18)14-9-11-5-2-3-6-13(11)21-14/h2-3,5-6,9,12,18H,4,7-8,10H2,1H3,(H,17,19). The van der Waals surface area contributed by atoms with Gasteiger partial charge in [0.15, 0.2) is 0 Å². The minimum absolute atomic E-state index is 0.0464. The molecule has 1 fully saturated rings. The highest BCUT2D eigenvalue weighted by molar-refractivity contribution is 8.01. The van der Waals surface area contributed by atoms with Gasteiger partial charge < -0.3 is 10.4 Å². The van der Waals surface area contributed by atoms with Crippen molar-refractivity contribution in [2.24, 2.45) is 0 Å². The number of hydrogen-bond donors (Lipinski definition) is 2. The Balaban J connectivity index is 1.63. The van der Waals surface area contributed by atoms with E-state index in [0.717, 1.165) is 33.6 Å². The highest BCUT2D eigenvalue weighted by atomic mass is 32.2. The predicted molar refractivity (Wildman–Crippen MR) is 89.9 cm³/mol. The fourth-order valence-corrected chi connectivity index (χ4v) is 4.88. The average Bonchev–Trinajstić information content (AvgIpc) is 3.11. The van der Waals surface area contributed by atoms with Crippen molar-refractivity contribution in [3.05, 3.63) is 35.2 Å². The third-order valence-electron chi connectivity index (χ3n) is 3.93. The Kier molecular flexibility index (Phi) is 4.24. The van der Waals surface area contributed by atoms with Crippen molar-refractivity contribution in [2.45, 2.75) is 30.6 Å². The van der Waals surface area contributed by atoms with Gasteiger partial charge in [-0.05, 0) is 43.0 Å². The monoisotopic (exact) mass is 321 g/mol. The van der Waals surface area contributed by atoms with Crippen LogP contribution in [0, 0.1) is 0 Å². The number of benzene rings is 1. The van der Waals surface area contributed by atoms with Gasteiger partial charge in [0.1, 0.15) is 6.10 Å². The minimum atomic E-state index is -0.638. The fourth-order valence-electron chi connectivity index (χ4n) is 2.60. The lowest BCUT2D eigenvalue weighted by atomic mass is 10.0. The first-order valence-electron chi connectivity index (χ1n) is 7.17. The van der Waals surface area contributed by atoms with E-state index in [1.54, 1.807) is 23.1 Å². The molecule has 2 N–H and O–H groups in total. The molecule has 0 bridgehead atoms. The van der Waals surface area contributed by atoms with Crippen LogP contribution < -0.4 is 5.32 Å². The lowest BCUT2D eigenvalue weighted by Crippen LogP contribution is -2.41. The normalized spacial score (nSPS) is 23.3.